The molecule has 4 nitrogen and oxygen atoms in total. The molecule has 2 rings (SSSR count). The third kappa shape index (κ3) is 3.47. The summed E-state index contributed by atoms with van der Waals surface area (Å²) in [4.78, 5) is 3.95. The van der Waals surface area contributed by atoms with Crippen molar-refractivity contribution >= 4 is 0 Å². The first-order valence-electron chi connectivity index (χ1n) is 5.37. The van der Waals surface area contributed by atoms with E-state index in [4.69, 9.17) is 0 Å². The summed E-state index contributed by atoms with van der Waals surface area (Å²) in [6.45, 7) is 0. The number of aliphatic hydroxyl groups is 1. The van der Waals surface area contributed by atoms with Crippen LogP contribution in [0.5, 0.6) is 5.75 Å². The summed E-state index contributed by atoms with van der Waals surface area (Å²) < 4.78 is 41.7. The lowest BCUT2D eigenvalue weighted by molar-refractivity contribution is -0.274. The highest BCUT2D eigenvalue weighted by Gasteiger charge is 2.31. The number of ether oxygens (including phenoxy) is 1. The summed E-state index contributed by atoms with van der Waals surface area (Å²) in [7, 11) is 1.73. The molecule has 0 fully saturated rings. The molecule has 0 bridgehead atoms. The maximum Gasteiger partial charge on any atom is 0.573 e. The van der Waals surface area contributed by atoms with Gasteiger partial charge in [0.2, 0.25) is 0 Å². The first-order chi connectivity index (χ1) is 8.85. The van der Waals surface area contributed by atoms with Gasteiger partial charge in [0.15, 0.2) is 0 Å². The lowest BCUT2D eigenvalue weighted by Crippen LogP contribution is -2.17. The molecule has 0 radical (unpaired) electrons. The number of hydrogen-bond donors (Lipinski definition) is 1. The number of aromatic nitrogens is 2. The largest absolute Gasteiger partial charge is 0.573 e. The molecule has 19 heavy (non-hydrogen) atoms. The van der Waals surface area contributed by atoms with Crippen LogP contribution in [0.2, 0.25) is 0 Å². The molecule has 0 spiro atoms. The smallest absolute Gasteiger partial charge is 0.406 e. The van der Waals surface area contributed by atoms with Crippen LogP contribution in [0.1, 0.15) is 17.4 Å². The van der Waals surface area contributed by atoms with Crippen LogP contribution < -0.4 is 4.74 Å². The normalized spacial score (nSPS) is 13.3. The Morgan fingerprint density at radius 3 is 2.68 bits per heavy atom. The predicted octanol–water partition coefficient (Wildman–Crippen LogP) is 2.40. The third-order valence-electron chi connectivity index (χ3n) is 2.41. The standard InChI is InChI=1S/C12H11F3N2O2/c1-17-6-10(16-7-17)11(18)8-3-2-4-9(5-8)19-12(13,14)15/h2-7,11,18H,1H3. The zero-order valence-corrected chi connectivity index (χ0v) is 9.93. The fourth-order valence-corrected chi connectivity index (χ4v) is 1.63. The zero-order valence-electron chi connectivity index (χ0n) is 9.93. The molecule has 0 saturated carbocycles. The van der Waals surface area contributed by atoms with Gasteiger partial charge in [-0.05, 0) is 17.7 Å². The van der Waals surface area contributed by atoms with Gasteiger partial charge in [-0.25, -0.2) is 4.98 Å². The number of aliphatic hydroxyl groups excluding tert-OH is 1. The van der Waals surface area contributed by atoms with Crippen molar-refractivity contribution in [3.8, 4) is 5.75 Å². The van der Waals surface area contributed by atoms with Gasteiger partial charge in [-0.15, -0.1) is 13.2 Å². The molecular weight excluding hydrogens is 261 g/mol. The summed E-state index contributed by atoms with van der Waals surface area (Å²) >= 11 is 0. The molecule has 1 N–H and O–H groups in total. The third-order valence-corrected chi connectivity index (χ3v) is 2.41. The average Bonchev–Trinajstić information content (AvgIpc) is 2.73. The average molecular weight is 272 g/mol. The van der Waals surface area contributed by atoms with Gasteiger partial charge in [0, 0.05) is 13.2 Å². The Morgan fingerprint density at radius 1 is 1.37 bits per heavy atom. The number of hydrogen-bond acceptors (Lipinski definition) is 3. The van der Waals surface area contributed by atoms with Crippen molar-refractivity contribution in [3.63, 3.8) is 0 Å². The SMILES string of the molecule is Cn1cnc(C(O)c2cccc(OC(F)(F)F)c2)c1. The van der Waals surface area contributed by atoms with Crippen LogP contribution in [0.15, 0.2) is 36.8 Å². The van der Waals surface area contributed by atoms with E-state index in [1.54, 1.807) is 17.8 Å². The van der Waals surface area contributed by atoms with Gasteiger partial charge in [0.05, 0.1) is 12.0 Å². The minimum Gasteiger partial charge on any atom is -0.406 e. The Labute approximate surface area is 107 Å². The number of imidazole rings is 1. The van der Waals surface area contributed by atoms with Crippen molar-refractivity contribution in [1.82, 2.24) is 9.55 Å². The highest BCUT2D eigenvalue weighted by molar-refractivity contribution is 5.33. The molecule has 7 heteroatoms. The van der Waals surface area contributed by atoms with Gasteiger partial charge >= 0.3 is 6.36 Å². The molecule has 1 atom stereocenters. The number of rotatable bonds is 3. The second-order valence-corrected chi connectivity index (χ2v) is 3.99. The quantitative estimate of drug-likeness (QED) is 0.933. The van der Waals surface area contributed by atoms with Crippen molar-refractivity contribution in [2.75, 3.05) is 0 Å². The van der Waals surface area contributed by atoms with Gasteiger partial charge in [0.1, 0.15) is 11.9 Å². The minimum atomic E-state index is -4.76. The van der Waals surface area contributed by atoms with Crippen molar-refractivity contribution in [3.05, 3.63) is 48.0 Å². The molecule has 2 aromatic rings. The summed E-state index contributed by atoms with van der Waals surface area (Å²) in [6.07, 6.45) is -2.77. The van der Waals surface area contributed by atoms with Crippen LogP contribution in [0.25, 0.3) is 0 Å². The van der Waals surface area contributed by atoms with E-state index < -0.39 is 12.5 Å². The number of halogens is 3. The second kappa shape index (κ2) is 4.93. The van der Waals surface area contributed by atoms with Crippen molar-refractivity contribution in [1.29, 1.82) is 0 Å². The molecule has 1 heterocycles. The van der Waals surface area contributed by atoms with Gasteiger partial charge in [-0.3, -0.25) is 0 Å². The van der Waals surface area contributed by atoms with E-state index in [1.165, 1.54) is 24.5 Å². The Morgan fingerprint density at radius 2 is 2.11 bits per heavy atom. The highest BCUT2D eigenvalue weighted by atomic mass is 19.4. The van der Waals surface area contributed by atoms with Gasteiger partial charge in [0.25, 0.3) is 0 Å². The lowest BCUT2D eigenvalue weighted by Gasteiger charge is -2.12. The first kappa shape index (κ1) is 13.4. The van der Waals surface area contributed by atoms with E-state index in [0.29, 0.717) is 5.69 Å². The van der Waals surface area contributed by atoms with Crippen molar-refractivity contribution < 1.29 is 23.0 Å². The van der Waals surface area contributed by atoms with Crippen LogP contribution in [-0.2, 0) is 7.05 Å². The lowest BCUT2D eigenvalue weighted by atomic mass is 10.1. The minimum absolute atomic E-state index is 0.278. The monoisotopic (exact) mass is 272 g/mol. The van der Waals surface area contributed by atoms with Crippen LogP contribution in [0, 0.1) is 0 Å². The first-order valence-corrected chi connectivity index (χ1v) is 5.37. The Balaban J connectivity index is 2.23. The molecule has 1 aromatic heterocycles. The van der Waals surface area contributed by atoms with Crippen LogP contribution in [0.3, 0.4) is 0 Å². The molecule has 0 aliphatic rings. The van der Waals surface area contributed by atoms with Gasteiger partial charge < -0.3 is 14.4 Å². The van der Waals surface area contributed by atoms with Crippen LogP contribution in [0.4, 0.5) is 13.2 Å². The van der Waals surface area contributed by atoms with Crippen molar-refractivity contribution in [2.45, 2.75) is 12.5 Å². The fourth-order valence-electron chi connectivity index (χ4n) is 1.63. The summed E-state index contributed by atoms with van der Waals surface area (Å²) in [6, 6.07) is 5.18. The molecule has 1 aromatic carbocycles. The Bertz CT molecular complexity index is 566. The van der Waals surface area contributed by atoms with E-state index in [2.05, 4.69) is 9.72 Å². The van der Waals surface area contributed by atoms with E-state index in [1.807, 2.05) is 0 Å². The maximum absolute atomic E-state index is 12.1. The van der Waals surface area contributed by atoms with E-state index in [0.717, 1.165) is 6.07 Å². The molecule has 0 aliphatic heterocycles. The maximum atomic E-state index is 12.1. The molecular formula is C12H11F3N2O2. The summed E-state index contributed by atoms with van der Waals surface area (Å²) in [5, 5.41) is 10.0. The second-order valence-electron chi connectivity index (χ2n) is 3.99. The van der Waals surface area contributed by atoms with Gasteiger partial charge in [-0.1, -0.05) is 12.1 Å². The van der Waals surface area contributed by atoms with E-state index in [-0.39, 0.29) is 11.3 Å². The molecule has 1 unspecified atom stereocenters. The zero-order chi connectivity index (χ0) is 14.0. The molecule has 102 valence electrons. The fraction of sp³-hybridized carbons (Fsp3) is 0.250. The van der Waals surface area contributed by atoms with E-state index >= 15 is 0 Å². The Hall–Kier alpha value is -2.02. The van der Waals surface area contributed by atoms with Gasteiger partial charge in [-0.2, -0.15) is 0 Å². The number of alkyl halides is 3. The predicted molar refractivity (Wildman–Crippen MR) is 60.4 cm³/mol. The molecule has 0 amide bonds. The van der Waals surface area contributed by atoms with E-state index in [9.17, 15) is 18.3 Å². The highest BCUT2D eigenvalue weighted by Crippen LogP contribution is 2.27. The van der Waals surface area contributed by atoms with Crippen LogP contribution >= 0.6 is 0 Å². The van der Waals surface area contributed by atoms with Crippen LogP contribution in [-0.4, -0.2) is 21.0 Å². The molecule has 0 aliphatic carbocycles. The topological polar surface area (TPSA) is 47.3 Å². The number of nitrogens with zero attached hydrogens (tertiary/aromatic N) is 2. The van der Waals surface area contributed by atoms with Crippen molar-refractivity contribution in [2.24, 2.45) is 7.05 Å². The number of aryl methyl sites for hydroxylation is 1. The summed E-state index contributed by atoms with van der Waals surface area (Å²) in [5.41, 5.74) is 0.632. The summed E-state index contributed by atoms with van der Waals surface area (Å²) in [5.74, 6) is -0.375. The Kier molecular flexibility index (Phi) is 3.48. The molecule has 0 saturated heterocycles. The number of benzene rings is 1.